The van der Waals surface area contributed by atoms with E-state index in [2.05, 4.69) is 4.98 Å². The van der Waals surface area contributed by atoms with E-state index >= 15 is 0 Å². The number of pyridine rings is 1. The average Bonchev–Trinajstić information content (AvgIpc) is 3.04. The Bertz CT molecular complexity index is 1270. The molecule has 3 heterocycles. The van der Waals surface area contributed by atoms with Gasteiger partial charge in [-0.25, -0.2) is 8.42 Å². The van der Waals surface area contributed by atoms with Gasteiger partial charge in [0, 0.05) is 12.7 Å². The van der Waals surface area contributed by atoms with Crippen LogP contribution in [0.3, 0.4) is 0 Å². The summed E-state index contributed by atoms with van der Waals surface area (Å²) in [5.41, 5.74) is 2.84. The molecular weight excluding hydrogens is 414 g/mol. The quantitative estimate of drug-likeness (QED) is 0.590. The second-order valence-corrected chi connectivity index (χ2v) is 9.41. The third kappa shape index (κ3) is 3.19. The van der Waals surface area contributed by atoms with E-state index in [1.54, 1.807) is 24.3 Å². The predicted octanol–water partition coefficient (Wildman–Crippen LogP) is 3.02. The van der Waals surface area contributed by atoms with Crippen molar-refractivity contribution in [1.82, 2.24) is 9.88 Å². The molecule has 0 fully saturated rings. The Labute approximate surface area is 180 Å². The number of hydrogen-bond acceptors (Lipinski definition) is 5. The molecule has 7 nitrogen and oxygen atoms in total. The molecule has 0 aliphatic carbocycles. The zero-order chi connectivity index (χ0) is 21.6. The first-order valence-electron chi connectivity index (χ1n) is 9.97. The number of aryl methyl sites for hydroxylation is 1. The molecule has 5 rings (SSSR count). The van der Waals surface area contributed by atoms with Crippen LogP contribution in [0.2, 0.25) is 0 Å². The van der Waals surface area contributed by atoms with Crippen molar-refractivity contribution in [2.75, 3.05) is 10.8 Å². The Morgan fingerprint density at radius 1 is 0.903 bits per heavy atom. The summed E-state index contributed by atoms with van der Waals surface area (Å²) in [7, 11) is -3.71. The van der Waals surface area contributed by atoms with Crippen LogP contribution in [-0.4, -0.2) is 36.7 Å². The molecule has 3 aromatic rings. The molecule has 1 aromatic heterocycles. The molecule has 31 heavy (non-hydrogen) atoms. The van der Waals surface area contributed by atoms with Crippen molar-refractivity contribution in [1.29, 1.82) is 0 Å². The first-order valence-corrected chi connectivity index (χ1v) is 11.4. The predicted molar refractivity (Wildman–Crippen MR) is 114 cm³/mol. The maximum absolute atomic E-state index is 13.3. The number of aromatic nitrogens is 1. The molecule has 0 saturated carbocycles. The number of rotatable bonds is 4. The van der Waals surface area contributed by atoms with Crippen molar-refractivity contribution < 1.29 is 18.0 Å². The van der Waals surface area contributed by atoms with E-state index in [0.717, 1.165) is 29.0 Å². The number of carbonyl (C=O) groups excluding carboxylic acids is 2. The van der Waals surface area contributed by atoms with Crippen LogP contribution in [-0.2, 0) is 23.0 Å². The lowest BCUT2D eigenvalue weighted by Crippen LogP contribution is -2.35. The van der Waals surface area contributed by atoms with Crippen molar-refractivity contribution in [3.63, 3.8) is 0 Å². The van der Waals surface area contributed by atoms with Gasteiger partial charge in [-0.3, -0.25) is 23.8 Å². The summed E-state index contributed by atoms with van der Waals surface area (Å²) in [5.74, 6) is -0.836. The molecule has 0 saturated heterocycles. The van der Waals surface area contributed by atoms with Crippen LogP contribution in [0, 0.1) is 0 Å². The summed E-state index contributed by atoms with van der Waals surface area (Å²) < 4.78 is 28.0. The SMILES string of the molecule is O=C1c2cccnc2C(=O)N1Cc1ccc(S(=O)(=O)N2CCCc3ccccc32)cc1. The number of anilines is 1. The van der Waals surface area contributed by atoms with Crippen LogP contribution in [0.25, 0.3) is 0 Å². The Morgan fingerprint density at radius 3 is 2.45 bits per heavy atom. The monoisotopic (exact) mass is 433 g/mol. The number of para-hydroxylation sites is 1. The molecule has 2 aromatic carbocycles. The van der Waals surface area contributed by atoms with Crippen LogP contribution < -0.4 is 4.31 Å². The smallest absolute Gasteiger partial charge is 0.268 e. The highest BCUT2D eigenvalue weighted by Crippen LogP contribution is 2.32. The first kappa shape index (κ1) is 19.4. The van der Waals surface area contributed by atoms with Gasteiger partial charge >= 0.3 is 0 Å². The number of amides is 2. The number of carbonyl (C=O) groups is 2. The van der Waals surface area contributed by atoms with E-state index in [-0.39, 0.29) is 22.7 Å². The van der Waals surface area contributed by atoms with Crippen LogP contribution in [0.4, 0.5) is 5.69 Å². The fourth-order valence-corrected chi connectivity index (χ4v) is 5.62. The number of benzene rings is 2. The number of nitrogens with zero attached hydrogens (tertiary/aromatic N) is 3. The average molecular weight is 433 g/mol. The maximum atomic E-state index is 13.3. The van der Waals surface area contributed by atoms with Crippen molar-refractivity contribution in [2.45, 2.75) is 24.3 Å². The molecule has 0 N–H and O–H groups in total. The largest absolute Gasteiger partial charge is 0.280 e. The minimum Gasteiger partial charge on any atom is -0.268 e. The Morgan fingerprint density at radius 2 is 1.68 bits per heavy atom. The van der Waals surface area contributed by atoms with E-state index < -0.39 is 21.8 Å². The van der Waals surface area contributed by atoms with Gasteiger partial charge in [-0.15, -0.1) is 0 Å². The molecule has 0 bridgehead atoms. The normalized spacial score (nSPS) is 15.7. The third-order valence-corrected chi connectivity index (χ3v) is 7.48. The lowest BCUT2D eigenvalue weighted by Gasteiger charge is -2.30. The van der Waals surface area contributed by atoms with E-state index in [0.29, 0.717) is 12.1 Å². The van der Waals surface area contributed by atoms with Crippen molar-refractivity contribution >= 4 is 27.5 Å². The molecule has 0 radical (unpaired) electrons. The second kappa shape index (κ2) is 7.31. The van der Waals surface area contributed by atoms with Gasteiger partial charge < -0.3 is 0 Å². The molecule has 0 spiro atoms. The topological polar surface area (TPSA) is 87.6 Å². The standard InChI is InChI=1S/C23H19N3O4S/c27-22-19-7-3-13-24-21(19)23(28)25(22)15-16-9-11-18(12-10-16)31(29,30)26-14-4-6-17-5-1-2-8-20(17)26/h1-3,5,7-13H,4,6,14-15H2. The number of sulfonamides is 1. The van der Waals surface area contributed by atoms with E-state index in [4.69, 9.17) is 0 Å². The van der Waals surface area contributed by atoms with Crippen LogP contribution in [0.5, 0.6) is 0 Å². The maximum Gasteiger partial charge on any atom is 0.280 e. The molecule has 8 heteroatoms. The van der Waals surface area contributed by atoms with Gasteiger partial charge in [0.05, 0.1) is 22.7 Å². The van der Waals surface area contributed by atoms with Gasteiger partial charge in [-0.05, 0) is 54.3 Å². The molecule has 2 aliphatic rings. The van der Waals surface area contributed by atoms with Gasteiger partial charge in [-0.1, -0.05) is 30.3 Å². The van der Waals surface area contributed by atoms with Crippen molar-refractivity contribution in [2.24, 2.45) is 0 Å². The van der Waals surface area contributed by atoms with Crippen LogP contribution in [0.15, 0.2) is 71.8 Å². The van der Waals surface area contributed by atoms with Gasteiger partial charge in [0.1, 0.15) is 5.69 Å². The van der Waals surface area contributed by atoms with E-state index in [1.807, 2.05) is 24.3 Å². The minimum atomic E-state index is -3.71. The Hall–Kier alpha value is -3.52. The van der Waals surface area contributed by atoms with Crippen LogP contribution >= 0.6 is 0 Å². The summed E-state index contributed by atoms with van der Waals surface area (Å²) in [6.07, 6.45) is 3.10. The second-order valence-electron chi connectivity index (χ2n) is 7.55. The highest BCUT2D eigenvalue weighted by atomic mass is 32.2. The summed E-state index contributed by atoms with van der Waals surface area (Å²) in [6.45, 7) is 0.490. The van der Waals surface area contributed by atoms with Gasteiger partial charge in [-0.2, -0.15) is 0 Å². The number of hydrogen-bond donors (Lipinski definition) is 0. The first-order chi connectivity index (χ1) is 15.0. The van der Waals surface area contributed by atoms with Gasteiger partial charge in [0.2, 0.25) is 0 Å². The van der Waals surface area contributed by atoms with E-state index in [1.165, 1.54) is 22.6 Å². The zero-order valence-electron chi connectivity index (χ0n) is 16.6. The summed E-state index contributed by atoms with van der Waals surface area (Å²) in [4.78, 5) is 30.3. The summed E-state index contributed by atoms with van der Waals surface area (Å²) in [6, 6.07) is 17.1. The minimum absolute atomic E-state index is 0.0565. The highest BCUT2D eigenvalue weighted by Gasteiger charge is 2.36. The fourth-order valence-electron chi connectivity index (χ4n) is 4.08. The van der Waals surface area contributed by atoms with Crippen molar-refractivity contribution in [3.05, 3.63) is 89.2 Å². The molecule has 2 amide bonds. The molecule has 156 valence electrons. The highest BCUT2D eigenvalue weighted by molar-refractivity contribution is 7.92. The molecule has 0 atom stereocenters. The van der Waals surface area contributed by atoms with Crippen molar-refractivity contribution in [3.8, 4) is 0 Å². The number of fused-ring (bicyclic) bond motifs is 2. The van der Waals surface area contributed by atoms with E-state index in [9.17, 15) is 18.0 Å². The fraction of sp³-hybridized carbons (Fsp3) is 0.174. The van der Waals surface area contributed by atoms with Gasteiger partial charge in [0.25, 0.3) is 21.8 Å². The van der Waals surface area contributed by atoms with Gasteiger partial charge in [0.15, 0.2) is 0 Å². The molecule has 0 unspecified atom stereocenters. The Balaban J connectivity index is 1.39. The summed E-state index contributed by atoms with van der Waals surface area (Å²) >= 11 is 0. The third-order valence-electron chi connectivity index (χ3n) is 5.65. The lowest BCUT2D eigenvalue weighted by molar-refractivity contribution is 0.0640. The lowest BCUT2D eigenvalue weighted by atomic mass is 10.0. The molecular formula is C23H19N3O4S. The Kier molecular flexibility index (Phi) is 4.59. The zero-order valence-corrected chi connectivity index (χ0v) is 17.4. The van der Waals surface area contributed by atoms with Crippen LogP contribution in [0.1, 0.15) is 38.4 Å². The summed E-state index contributed by atoms with van der Waals surface area (Å²) in [5, 5.41) is 0. The number of imide groups is 1. The molecule has 2 aliphatic heterocycles.